The van der Waals surface area contributed by atoms with Gasteiger partial charge in [-0.3, -0.25) is 0 Å². The summed E-state index contributed by atoms with van der Waals surface area (Å²) < 4.78 is 4.18. The summed E-state index contributed by atoms with van der Waals surface area (Å²) in [6.45, 7) is 3.13. The van der Waals surface area contributed by atoms with Gasteiger partial charge in [0.1, 0.15) is 0 Å². The van der Waals surface area contributed by atoms with Crippen molar-refractivity contribution in [2.75, 3.05) is 7.11 Å². The van der Waals surface area contributed by atoms with Crippen LogP contribution in [0.25, 0.3) is 0 Å². The zero-order valence-electron chi connectivity index (χ0n) is 3.70. The third-order valence-corrected chi connectivity index (χ3v) is 0.144. The Morgan fingerprint density at radius 3 is 1.83 bits per heavy atom. The smallest absolute Gasteiger partial charge is 0.152 e. The van der Waals surface area contributed by atoms with E-state index in [1.807, 2.05) is 0 Å². The SMILES string of the molecule is C=[C]OC.[Br-].[Zn]. The van der Waals surface area contributed by atoms with E-state index in [0.717, 1.165) is 0 Å². The molecule has 3 heteroatoms. The minimum Gasteiger partial charge on any atom is -1.00 e. The molecule has 0 aromatic heterocycles. The van der Waals surface area contributed by atoms with Crippen molar-refractivity contribution in [2.24, 2.45) is 0 Å². The predicted molar refractivity (Wildman–Crippen MR) is 15.9 cm³/mol. The summed E-state index contributed by atoms with van der Waals surface area (Å²) >= 11 is 0. The standard InChI is InChI=1S/C3H5O.BrH.Zn/c1-3-4-2;;/h1H2,2H3;1H;/p-1. The van der Waals surface area contributed by atoms with Crippen molar-refractivity contribution in [3.8, 4) is 0 Å². The number of hydrogen-bond acceptors (Lipinski definition) is 1. The minimum absolute atomic E-state index is 0. The molecular formula is C3H5BrOZn-. The fourth-order valence-corrected chi connectivity index (χ4v) is 0. The summed E-state index contributed by atoms with van der Waals surface area (Å²) in [7, 11) is 1.51. The summed E-state index contributed by atoms with van der Waals surface area (Å²) in [5.74, 6) is 0. The van der Waals surface area contributed by atoms with Gasteiger partial charge in [-0.1, -0.05) is 6.58 Å². The zero-order valence-corrected chi connectivity index (χ0v) is 8.25. The molecule has 6 heavy (non-hydrogen) atoms. The second-order valence-electron chi connectivity index (χ2n) is 0.348. The zero-order chi connectivity index (χ0) is 3.41. The summed E-state index contributed by atoms with van der Waals surface area (Å²) in [6, 6.07) is 0. The fourth-order valence-electron chi connectivity index (χ4n) is 0. The molecule has 33 valence electrons. The van der Waals surface area contributed by atoms with Crippen molar-refractivity contribution >= 4 is 0 Å². The van der Waals surface area contributed by atoms with Crippen LogP contribution in [0.15, 0.2) is 6.58 Å². The van der Waals surface area contributed by atoms with Crippen LogP contribution in [0, 0.1) is 6.26 Å². The van der Waals surface area contributed by atoms with Crippen LogP contribution in [0.1, 0.15) is 0 Å². The molecule has 0 saturated heterocycles. The molecule has 0 fully saturated rings. The number of rotatable bonds is 1. The molecule has 0 rings (SSSR count). The van der Waals surface area contributed by atoms with Crippen molar-refractivity contribution < 1.29 is 41.2 Å². The summed E-state index contributed by atoms with van der Waals surface area (Å²) in [6.07, 6.45) is 2.18. The maximum Gasteiger partial charge on any atom is 0.152 e. The van der Waals surface area contributed by atoms with E-state index in [1.54, 1.807) is 0 Å². The van der Waals surface area contributed by atoms with Crippen molar-refractivity contribution in [3.63, 3.8) is 0 Å². The Morgan fingerprint density at radius 2 is 1.83 bits per heavy atom. The van der Waals surface area contributed by atoms with Gasteiger partial charge in [0.2, 0.25) is 0 Å². The van der Waals surface area contributed by atoms with Gasteiger partial charge in [-0.15, -0.1) is 0 Å². The molecule has 0 N–H and O–H groups in total. The van der Waals surface area contributed by atoms with Gasteiger partial charge in [-0.25, -0.2) is 0 Å². The van der Waals surface area contributed by atoms with Crippen LogP contribution in [0.2, 0.25) is 0 Å². The molecule has 0 spiro atoms. The minimum atomic E-state index is 0. The molecule has 0 heterocycles. The van der Waals surface area contributed by atoms with Gasteiger partial charge < -0.3 is 21.7 Å². The molecule has 1 nitrogen and oxygen atoms in total. The van der Waals surface area contributed by atoms with Gasteiger partial charge >= 0.3 is 0 Å². The number of ether oxygens (including phenoxy) is 1. The summed E-state index contributed by atoms with van der Waals surface area (Å²) in [5, 5.41) is 0. The van der Waals surface area contributed by atoms with Crippen molar-refractivity contribution in [1.82, 2.24) is 0 Å². The topological polar surface area (TPSA) is 9.23 Å². The van der Waals surface area contributed by atoms with Crippen molar-refractivity contribution in [1.29, 1.82) is 0 Å². The maximum atomic E-state index is 4.18. The van der Waals surface area contributed by atoms with E-state index >= 15 is 0 Å². The van der Waals surface area contributed by atoms with E-state index in [1.165, 1.54) is 7.11 Å². The summed E-state index contributed by atoms with van der Waals surface area (Å²) in [5.41, 5.74) is 0. The van der Waals surface area contributed by atoms with Gasteiger partial charge in [0.25, 0.3) is 0 Å². The molecule has 0 aliphatic rings. The summed E-state index contributed by atoms with van der Waals surface area (Å²) in [4.78, 5) is 0. The third-order valence-electron chi connectivity index (χ3n) is 0.144. The van der Waals surface area contributed by atoms with E-state index in [4.69, 9.17) is 0 Å². The molecule has 0 amide bonds. The molecule has 0 aromatic carbocycles. The molecule has 1 radical (unpaired) electrons. The molecule has 0 unspecified atom stereocenters. The van der Waals surface area contributed by atoms with E-state index in [0.29, 0.717) is 0 Å². The van der Waals surface area contributed by atoms with E-state index in [2.05, 4.69) is 17.6 Å². The molecule has 0 aliphatic heterocycles. The number of hydrogen-bond donors (Lipinski definition) is 0. The Labute approximate surface area is 61.3 Å². The van der Waals surface area contributed by atoms with Crippen LogP contribution in [-0.4, -0.2) is 7.11 Å². The van der Waals surface area contributed by atoms with Gasteiger partial charge in [0.15, 0.2) is 6.26 Å². The molecule has 0 atom stereocenters. The average molecular weight is 202 g/mol. The molecule has 0 saturated carbocycles. The fraction of sp³-hybridized carbons (Fsp3) is 0.333. The quantitative estimate of drug-likeness (QED) is 0.340. The molecule has 0 aromatic rings. The van der Waals surface area contributed by atoms with Gasteiger partial charge in [-0.2, -0.15) is 0 Å². The molecule has 0 aliphatic carbocycles. The van der Waals surface area contributed by atoms with Gasteiger partial charge in [0.05, 0.1) is 7.11 Å². The van der Waals surface area contributed by atoms with Crippen LogP contribution < -0.4 is 17.0 Å². The normalized spacial score (nSPS) is 3.50. The van der Waals surface area contributed by atoms with Crippen LogP contribution in [0.5, 0.6) is 0 Å². The number of halogens is 1. The van der Waals surface area contributed by atoms with E-state index < -0.39 is 0 Å². The maximum absolute atomic E-state index is 4.18. The first kappa shape index (κ1) is 15.9. The van der Waals surface area contributed by atoms with E-state index in [9.17, 15) is 0 Å². The first-order valence-corrected chi connectivity index (χ1v) is 0.966. The van der Waals surface area contributed by atoms with E-state index in [-0.39, 0.29) is 36.5 Å². The first-order valence-electron chi connectivity index (χ1n) is 0.966. The Kier molecular flexibility index (Phi) is 46.3. The monoisotopic (exact) mass is 200 g/mol. The number of methoxy groups -OCH3 is 1. The van der Waals surface area contributed by atoms with Gasteiger partial charge in [-0.05, 0) is 0 Å². The Hall–Kier alpha value is 0.643. The average Bonchev–Trinajstić information content (AvgIpc) is 1.37. The Bertz CT molecular complexity index is 24.8. The van der Waals surface area contributed by atoms with Crippen molar-refractivity contribution in [3.05, 3.63) is 12.8 Å². The second kappa shape index (κ2) is 17.4. The van der Waals surface area contributed by atoms with Gasteiger partial charge in [0, 0.05) is 19.5 Å². The third kappa shape index (κ3) is 22.8. The van der Waals surface area contributed by atoms with Crippen LogP contribution in [0.3, 0.4) is 0 Å². The Morgan fingerprint density at radius 1 is 1.67 bits per heavy atom. The van der Waals surface area contributed by atoms with Crippen LogP contribution in [-0.2, 0) is 24.2 Å². The van der Waals surface area contributed by atoms with Crippen LogP contribution >= 0.6 is 0 Å². The van der Waals surface area contributed by atoms with Crippen molar-refractivity contribution in [2.45, 2.75) is 0 Å². The largest absolute Gasteiger partial charge is 1.00 e. The molecule has 0 bridgehead atoms. The second-order valence-corrected chi connectivity index (χ2v) is 0.348. The molecular weight excluding hydrogens is 197 g/mol. The van der Waals surface area contributed by atoms with Crippen LogP contribution in [0.4, 0.5) is 0 Å². The first-order chi connectivity index (χ1) is 1.91. The Balaban J connectivity index is -0.0000000450. The predicted octanol–water partition coefficient (Wildman–Crippen LogP) is -2.42.